The number of amides is 2. The van der Waals surface area contributed by atoms with Crippen LogP contribution in [-0.4, -0.2) is 42.3 Å². The van der Waals surface area contributed by atoms with Crippen LogP contribution in [0.3, 0.4) is 0 Å². The van der Waals surface area contributed by atoms with Gasteiger partial charge >= 0.3 is 6.09 Å². The highest BCUT2D eigenvalue weighted by Gasteiger charge is 2.37. The Kier molecular flexibility index (Phi) is 6.10. The highest BCUT2D eigenvalue weighted by Crippen LogP contribution is 2.30. The molecule has 1 aromatic rings. The molecule has 0 unspecified atom stereocenters. The first-order chi connectivity index (χ1) is 12.9. The van der Waals surface area contributed by atoms with E-state index in [9.17, 15) is 18.4 Å². The standard InChI is InChI=1S/C17H24F2N6O3/c1-17(2,3)28-16(27)24-9-23(8-14(24)26)15-12(18)4-11(5-13(15)19)25(22)7-10(21)6-20/h4-5,7H,6,8-9,20-22H2,1-3H3/b10-7-. The number of carbonyl (C=O) groups excluding carboxylic acids is 2. The number of nitrogens with zero attached hydrogens (tertiary/aromatic N) is 3. The van der Waals surface area contributed by atoms with Gasteiger partial charge in [0.15, 0.2) is 11.6 Å². The predicted octanol–water partition coefficient (Wildman–Crippen LogP) is 0.945. The average Bonchev–Trinajstić information content (AvgIpc) is 2.93. The summed E-state index contributed by atoms with van der Waals surface area (Å²) in [5, 5.41) is 0.931. The Labute approximate surface area is 161 Å². The van der Waals surface area contributed by atoms with Gasteiger partial charge in [0.25, 0.3) is 5.91 Å². The van der Waals surface area contributed by atoms with E-state index in [-0.39, 0.29) is 31.1 Å². The van der Waals surface area contributed by atoms with Crippen molar-refractivity contribution in [3.8, 4) is 0 Å². The van der Waals surface area contributed by atoms with Gasteiger partial charge in [-0.15, -0.1) is 0 Å². The topological polar surface area (TPSA) is 131 Å². The third kappa shape index (κ3) is 4.87. The molecule has 1 aromatic carbocycles. The molecule has 2 amide bonds. The van der Waals surface area contributed by atoms with Crippen LogP contribution in [0.4, 0.5) is 25.0 Å². The van der Waals surface area contributed by atoms with Gasteiger partial charge in [-0.1, -0.05) is 0 Å². The molecule has 0 bridgehead atoms. The van der Waals surface area contributed by atoms with Crippen molar-refractivity contribution in [3.05, 3.63) is 35.7 Å². The molecule has 28 heavy (non-hydrogen) atoms. The van der Waals surface area contributed by atoms with Crippen LogP contribution in [0.5, 0.6) is 0 Å². The van der Waals surface area contributed by atoms with E-state index in [2.05, 4.69) is 0 Å². The molecular weight excluding hydrogens is 374 g/mol. The van der Waals surface area contributed by atoms with Gasteiger partial charge in [0.05, 0.1) is 12.2 Å². The Morgan fingerprint density at radius 3 is 2.39 bits per heavy atom. The minimum absolute atomic E-state index is 0.00956. The third-order valence-corrected chi connectivity index (χ3v) is 3.71. The number of anilines is 2. The van der Waals surface area contributed by atoms with Gasteiger partial charge in [0, 0.05) is 30.6 Å². The molecule has 0 aromatic heterocycles. The van der Waals surface area contributed by atoms with Crippen LogP contribution in [0.1, 0.15) is 20.8 Å². The quantitative estimate of drug-likeness (QED) is 0.505. The zero-order valence-corrected chi connectivity index (χ0v) is 15.9. The van der Waals surface area contributed by atoms with Crippen LogP contribution >= 0.6 is 0 Å². The molecule has 1 aliphatic heterocycles. The summed E-state index contributed by atoms with van der Waals surface area (Å²) < 4.78 is 34.3. The molecule has 1 fully saturated rings. The van der Waals surface area contributed by atoms with E-state index >= 15 is 0 Å². The second kappa shape index (κ2) is 7.98. The number of hydrogen-bond donors (Lipinski definition) is 3. The molecule has 1 aliphatic rings. The Balaban J connectivity index is 2.25. The number of halogens is 2. The van der Waals surface area contributed by atoms with Gasteiger partial charge in [0.1, 0.15) is 18.0 Å². The summed E-state index contributed by atoms with van der Waals surface area (Å²) in [6.45, 7) is 4.24. The average molecular weight is 398 g/mol. The van der Waals surface area contributed by atoms with Gasteiger partial charge in [0.2, 0.25) is 0 Å². The number of hydrogen-bond acceptors (Lipinski definition) is 8. The zero-order chi connectivity index (χ0) is 21.2. The van der Waals surface area contributed by atoms with E-state index in [0.29, 0.717) is 0 Å². The molecule has 0 spiro atoms. The van der Waals surface area contributed by atoms with Crippen LogP contribution < -0.4 is 27.2 Å². The van der Waals surface area contributed by atoms with E-state index in [1.54, 1.807) is 20.8 Å². The molecule has 154 valence electrons. The van der Waals surface area contributed by atoms with Crippen LogP contribution in [0.2, 0.25) is 0 Å². The van der Waals surface area contributed by atoms with E-state index < -0.39 is 34.9 Å². The third-order valence-electron chi connectivity index (χ3n) is 3.71. The number of benzene rings is 1. The van der Waals surface area contributed by atoms with Crippen molar-refractivity contribution in [2.24, 2.45) is 17.3 Å². The molecule has 0 radical (unpaired) electrons. The van der Waals surface area contributed by atoms with Crippen LogP contribution in [-0.2, 0) is 9.53 Å². The molecule has 0 aliphatic carbocycles. The maximum Gasteiger partial charge on any atom is 0.418 e. The maximum absolute atomic E-state index is 14.6. The lowest BCUT2D eigenvalue weighted by molar-refractivity contribution is -0.125. The number of nitrogens with two attached hydrogens (primary N) is 3. The van der Waals surface area contributed by atoms with Crippen molar-refractivity contribution in [3.63, 3.8) is 0 Å². The zero-order valence-electron chi connectivity index (χ0n) is 15.9. The number of carbonyl (C=O) groups is 2. The summed E-state index contributed by atoms with van der Waals surface area (Å²) >= 11 is 0. The van der Waals surface area contributed by atoms with Gasteiger partial charge in [-0.3, -0.25) is 9.80 Å². The first-order valence-electron chi connectivity index (χ1n) is 8.40. The van der Waals surface area contributed by atoms with Crippen molar-refractivity contribution in [2.75, 3.05) is 29.7 Å². The van der Waals surface area contributed by atoms with Crippen LogP contribution in [0, 0.1) is 11.6 Å². The van der Waals surface area contributed by atoms with Crippen molar-refractivity contribution < 1.29 is 23.1 Å². The minimum atomic E-state index is -0.955. The van der Waals surface area contributed by atoms with Gasteiger partial charge in [-0.25, -0.2) is 24.3 Å². The molecule has 0 saturated carbocycles. The van der Waals surface area contributed by atoms with E-state index in [1.807, 2.05) is 0 Å². The molecule has 6 N–H and O–H groups in total. The Hall–Kier alpha value is -2.92. The summed E-state index contributed by atoms with van der Waals surface area (Å²) in [5.41, 5.74) is 9.84. The summed E-state index contributed by atoms with van der Waals surface area (Å²) in [6.07, 6.45) is 0.352. The number of rotatable bonds is 4. The predicted molar refractivity (Wildman–Crippen MR) is 99.6 cm³/mol. The van der Waals surface area contributed by atoms with Crippen LogP contribution in [0.25, 0.3) is 0 Å². The van der Waals surface area contributed by atoms with Crippen molar-refractivity contribution in [1.82, 2.24) is 4.90 Å². The molecule has 1 saturated heterocycles. The summed E-state index contributed by atoms with van der Waals surface area (Å²) in [5.74, 6) is 3.17. The number of hydrazine groups is 1. The fourth-order valence-electron chi connectivity index (χ4n) is 2.48. The molecule has 2 rings (SSSR count). The van der Waals surface area contributed by atoms with Gasteiger partial charge in [-0.2, -0.15) is 0 Å². The molecular formula is C17H24F2N6O3. The maximum atomic E-state index is 14.6. The summed E-state index contributed by atoms with van der Waals surface area (Å²) in [4.78, 5) is 26.1. The normalized spacial score (nSPS) is 15.2. The Morgan fingerprint density at radius 2 is 1.89 bits per heavy atom. The fraction of sp³-hybridized carbons (Fsp3) is 0.412. The number of ether oxygens (including phenoxy) is 1. The largest absolute Gasteiger partial charge is 0.443 e. The molecule has 1 heterocycles. The Bertz CT molecular complexity index is 786. The smallest absolute Gasteiger partial charge is 0.418 e. The molecule has 0 atom stereocenters. The lowest BCUT2D eigenvalue weighted by Crippen LogP contribution is -2.38. The SMILES string of the molecule is CC(C)(C)OC(=O)N1CN(c2c(F)cc(N(N)/C=C(\N)CN)cc2F)CC1=O. The summed E-state index contributed by atoms with van der Waals surface area (Å²) in [7, 11) is 0. The first kappa shape index (κ1) is 21.4. The second-order valence-electron chi connectivity index (χ2n) is 7.21. The van der Waals surface area contributed by atoms with E-state index in [0.717, 1.165) is 26.9 Å². The van der Waals surface area contributed by atoms with Crippen molar-refractivity contribution in [2.45, 2.75) is 26.4 Å². The van der Waals surface area contributed by atoms with Gasteiger partial charge < -0.3 is 21.1 Å². The van der Waals surface area contributed by atoms with Crippen LogP contribution in [0.15, 0.2) is 24.0 Å². The molecule has 11 heteroatoms. The van der Waals surface area contributed by atoms with E-state index in [1.165, 1.54) is 6.20 Å². The highest BCUT2D eigenvalue weighted by molar-refractivity contribution is 5.97. The fourth-order valence-corrected chi connectivity index (χ4v) is 2.48. The first-order valence-corrected chi connectivity index (χ1v) is 8.40. The van der Waals surface area contributed by atoms with Crippen molar-refractivity contribution in [1.29, 1.82) is 0 Å². The van der Waals surface area contributed by atoms with Gasteiger partial charge in [-0.05, 0) is 20.8 Å². The summed E-state index contributed by atoms with van der Waals surface area (Å²) in [6, 6.07) is 1.97. The highest BCUT2D eigenvalue weighted by atomic mass is 19.1. The minimum Gasteiger partial charge on any atom is -0.443 e. The monoisotopic (exact) mass is 398 g/mol. The lowest BCUT2D eigenvalue weighted by atomic mass is 10.2. The van der Waals surface area contributed by atoms with Crippen molar-refractivity contribution >= 4 is 23.4 Å². The Morgan fingerprint density at radius 1 is 1.32 bits per heavy atom. The number of imide groups is 1. The second-order valence-corrected chi connectivity index (χ2v) is 7.21. The molecule has 9 nitrogen and oxygen atoms in total. The lowest BCUT2D eigenvalue weighted by Gasteiger charge is -2.24. The van der Waals surface area contributed by atoms with E-state index in [4.69, 9.17) is 22.0 Å².